The Balaban J connectivity index is 1.96. The summed E-state index contributed by atoms with van der Waals surface area (Å²) in [5, 5.41) is 3.05. The summed E-state index contributed by atoms with van der Waals surface area (Å²) in [6, 6.07) is 18.3. The van der Waals surface area contributed by atoms with Crippen molar-refractivity contribution in [2.24, 2.45) is 0 Å². The van der Waals surface area contributed by atoms with Crippen LogP contribution >= 0.6 is 23.4 Å². The van der Waals surface area contributed by atoms with Crippen LogP contribution in [0.4, 0.5) is 0 Å². The Morgan fingerprint density at radius 1 is 0.941 bits per heavy atom. The van der Waals surface area contributed by atoms with Crippen LogP contribution in [0.15, 0.2) is 64.5 Å². The SMILES string of the molecule is Clc1ccc2[nH]c(Sc3ccccc3)cc2c1. The largest absolute Gasteiger partial charge is 0.349 e. The van der Waals surface area contributed by atoms with Crippen LogP contribution in [0.25, 0.3) is 10.9 Å². The molecule has 3 aromatic rings. The number of hydrogen-bond acceptors (Lipinski definition) is 1. The van der Waals surface area contributed by atoms with Crippen molar-refractivity contribution in [1.82, 2.24) is 4.98 Å². The predicted molar refractivity (Wildman–Crippen MR) is 73.9 cm³/mol. The van der Waals surface area contributed by atoms with Gasteiger partial charge in [0.2, 0.25) is 0 Å². The van der Waals surface area contributed by atoms with Crippen molar-refractivity contribution in [2.45, 2.75) is 9.92 Å². The van der Waals surface area contributed by atoms with Crippen LogP contribution in [0, 0.1) is 0 Å². The van der Waals surface area contributed by atoms with Crippen LogP contribution < -0.4 is 0 Å². The van der Waals surface area contributed by atoms with Gasteiger partial charge in [0.15, 0.2) is 0 Å². The van der Waals surface area contributed by atoms with Gasteiger partial charge in [0, 0.05) is 20.8 Å². The first-order valence-electron chi connectivity index (χ1n) is 5.32. The van der Waals surface area contributed by atoms with E-state index >= 15 is 0 Å². The van der Waals surface area contributed by atoms with Crippen LogP contribution in [-0.4, -0.2) is 4.98 Å². The Morgan fingerprint density at radius 3 is 2.59 bits per heavy atom. The van der Waals surface area contributed by atoms with Crippen molar-refractivity contribution in [3.05, 3.63) is 59.6 Å². The first kappa shape index (κ1) is 10.8. The van der Waals surface area contributed by atoms with Gasteiger partial charge in [-0.25, -0.2) is 0 Å². The third-order valence-electron chi connectivity index (χ3n) is 2.53. The minimum Gasteiger partial charge on any atom is -0.349 e. The number of aromatic nitrogens is 1. The lowest BCUT2D eigenvalue weighted by Crippen LogP contribution is -1.71. The summed E-state index contributed by atoms with van der Waals surface area (Å²) >= 11 is 7.69. The molecule has 0 radical (unpaired) electrons. The summed E-state index contributed by atoms with van der Waals surface area (Å²) in [7, 11) is 0. The Morgan fingerprint density at radius 2 is 1.76 bits per heavy atom. The fourth-order valence-electron chi connectivity index (χ4n) is 1.75. The number of rotatable bonds is 2. The minimum absolute atomic E-state index is 0.771. The standard InChI is InChI=1S/C14H10ClNS/c15-11-6-7-13-10(8-11)9-14(16-13)17-12-4-2-1-3-5-12/h1-9,16H. The zero-order chi connectivity index (χ0) is 11.7. The lowest BCUT2D eigenvalue weighted by molar-refractivity contribution is 1.23. The molecule has 84 valence electrons. The Kier molecular flexibility index (Phi) is 2.83. The number of nitrogens with one attached hydrogen (secondary N) is 1. The number of halogens is 1. The topological polar surface area (TPSA) is 15.8 Å². The molecule has 0 saturated carbocycles. The second-order valence-corrected chi connectivity index (χ2v) is 5.33. The second-order valence-electron chi connectivity index (χ2n) is 3.78. The van der Waals surface area contributed by atoms with Crippen molar-refractivity contribution in [1.29, 1.82) is 0 Å². The van der Waals surface area contributed by atoms with Gasteiger partial charge in [0.25, 0.3) is 0 Å². The average molecular weight is 260 g/mol. The maximum Gasteiger partial charge on any atom is 0.0780 e. The van der Waals surface area contributed by atoms with Crippen molar-refractivity contribution < 1.29 is 0 Å². The zero-order valence-electron chi connectivity index (χ0n) is 8.98. The van der Waals surface area contributed by atoms with E-state index in [1.807, 2.05) is 36.4 Å². The Labute approximate surface area is 109 Å². The van der Waals surface area contributed by atoms with E-state index in [1.54, 1.807) is 11.8 Å². The van der Waals surface area contributed by atoms with Gasteiger partial charge >= 0.3 is 0 Å². The average Bonchev–Trinajstić information content (AvgIpc) is 2.71. The number of fused-ring (bicyclic) bond motifs is 1. The van der Waals surface area contributed by atoms with E-state index in [0.29, 0.717) is 0 Å². The van der Waals surface area contributed by atoms with Crippen molar-refractivity contribution in [2.75, 3.05) is 0 Å². The monoisotopic (exact) mass is 259 g/mol. The summed E-state index contributed by atoms with van der Waals surface area (Å²) in [6.45, 7) is 0. The lowest BCUT2D eigenvalue weighted by atomic mass is 10.2. The lowest BCUT2D eigenvalue weighted by Gasteiger charge is -1.96. The molecular formula is C14H10ClNS. The van der Waals surface area contributed by atoms with Crippen LogP contribution in [0.5, 0.6) is 0 Å². The molecule has 3 heteroatoms. The van der Waals surface area contributed by atoms with Gasteiger partial charge in [-0.2, -0.15) is 0 Å². The van der Waals surface area contributed by atoms with Gasteiger partial charge in [-0.15, -0.1) is 0 Å². The van der Waals surface area contributed by atoms with Crippen molar-refractivity contribution >= 4 is 34.3 Å². The van der Waals surface area contributed by atoms with E-state index in [1.165, 1.54) is 4.90 Å². The van der Waals surface area contributed by atoms with Gasteiger partial charge in [-0.3, -0.25) is 0 Å². The molecule has 0 amide bonds. The molecule has 0 aliphatic heterocycles. The highest BCUT2D eigenvalue weighted by molar-refractivity contribution is 7.99. The predicted octanol–water partition coefficient (Wildman–Crippen LogP) is 4.97. The molecule has 3 rings (SSSR count). The minimum atomic E-state index is 0.771. The molecule has 1 aromatic heterocycles. The highest BCUT2D eigenvalue weighted by Crippen LogP contribution is 2.30. The second kappa shape index (κ2) is 4.47. The number of aromatic amines is 1. The maximum absolute atomic E-state index is 5.97. The van der Waals surface area contributed by atoms with Gasteiger partial charge in [-0.05, 0) is 36.4 Å². The fourth-order valence-corrected chi connectivity index (χ4v) is 2.82. The van der Waals surface area contributed by atoms with Crippen LogP contribution in [-0.2, 0) is 0 Å². The van der Waals surface area contributed by atoms with Gasteiger partial charge < -0.3 is 4.98 Å². The number of hydrogen-bond donors (Lipinski definition) is 1. The summed E-state index contributed by atoms with van der Waals surface area (Å²) in [4.78, 5) is 4.60. The highest BCUT2D eigenvalue weighted by Gasteiger charge is 2.02. The molecule has 0 aliphatic rings. The Hall–Kier alpha value is -1.38. The normalized spacial score (nSPS) is 10.9. The highest BCUT2D eigenvalue weighted by atomic mass is 35.5. The molecule has 2 aromatic carbocycles. The van der Waals surface area contributed by atoms with Gasteiger partial charge in [-0.1, -0.05) is 41.6 Å². The number of benzene rings is 2. The van der Waals surface area contributed by atoms with E-state index in [2.05, 4.69) is 23.2 Å². The van der Waals surface area contributed by atoms with Crippen LogP contribution in [0.2, 0.25) is 5.02 Å². The molecule has 0 saturated heterocycles. The maximum atomic E-state index is 5.97. The summed E-state index contributed by atoms with van der Waals surface area (Å²) in [6.07, 6.45) is 0. The molecule has 0 spiro atoms. The van der Waals surface area contributed by atoms with Crippen molar-refractivity contribution in [3.63, 3.8) is 0 Å². The van der Waals surface area contributed by atoms with E-state index in [-0.39, 0.29) is 0 Å². The third-order valence-corrected chi connectivity index (χ3v) is 3.71. The first-order chi connectivity index (χ1) is 8.31. The number of H-pyrrole nitrogens is 1. The summed E-state index contributed by atoms with van der Waals surface area (Å²) in [5.74, 6) is 0. The smallest absolute Gasteiger partial charge is 0.0780 e. The molecule has 0 aliphatic carbocycles. The molecule has 1 N–H and O–H groups in total. The van der Waals surface area contributed by atoms with Crippen molar-refractivity contribution in [3.8, 4) is 0 Å². The summed E-state index contributed by atoms with van der Waals surface area (Å²) < 4.78 is 0. The van der Waals surface area contributed by atoms with E-state index in [9.17, 15) is 0 Å². The molecular weight excluding hydrogens is 250 g/mol. The van der Waals surface area contributed by atoms with Crippen LogP contribution in [0.1, 0.15) is 0 Å². The fraction of sp³-hybridized carbons (Fsp3) is 0. The zero-order valence-corrected chi connectivity index (χ0v) is 10.6. The molecule has 1 nitrogen and oxygen atoms in total. The van der Waals surface area contributed by atoms with Crippen LogP contribution in [0.3, 0.4) is 0 Å². The van der Waals surface area contributed by atoms with E-state index < -0.39 is 0 Å². The first-order valence-corrected chi connectivity index (χ1v) is 6.52. The van der Waals surface area contributed by atoms with E-state index in [0.717, 1.165) is 21.0 Å². The van der Waals surface area contributed by atoms with Gasteiger partial charge in [0.05, 0.1) is 5.03 Å². The third kappa shape index (κ3) is 2.33. The molecule has 0 unspecified atom stereocenters. The summed E-state index contributed by atoms with van der Waals surface area (Å²) in [5.41, 5.74) is 1.12. The van der Waals surface area contributed by atoms with E-state index in [4.69, 9.17) is 11.6 Å². The molecule has 0 atom stereocenters. The molecule has 0 fully saturated rings. The van der Waals surface area contributed by atoms with Gasteiger partial charge in [0.1, 0.15) is 0 Å². The molecule has 0 bridgehead atoms. The Bertz CT molecular complexity index is 646. The molecule has 17 heavy (non-hydrogen) atoms. The molecule has 1 heterocycles. The quantitative estimate of drug-likeness (QED) is 0.687.